The lowest BCUT2D eigenvalue weighted by atomic mass is 10.1. The van der Waals surface area contributed by atoms with E-state index in [9.17, 15) is 9.59 Å². The van der Waals surface area contributed by atoms with Crippen LogP contribution in [-0.4, -0.2) is 42.8 Å². The second kappa shape index (κ2) is 9.31. The van der Waals surface area contributed by atoms with E-state index in [1.54, 1.807) is 12.1 Å². The van der Waals surface area contributed by atoms with E-state index in [-0.39, 0.29) is 11.9 Å². The summed E-state index contributed by atoms with van der Waals surface area (Å²) in [5.74, 6) is -0.0650. The molecule has 1 aromatic rings. The summed E-state index contributed by atoms with van der Waals surface area (Å²) in [6.07, 6.45) is 1.70. The third kappa shape index (κ3) is 4.80. The highest BCUT2D eigenvalue weighted by Gasteiger charge is 2.31. The number of nitrogens with one attached hydrogen (secondary N) is 1. The van der Waals surface area contributed by atoms with Crippen LogP contribution < -0.4 is 19.5 Å². The average Bonchev–Trinajstić information content (AvgIpc) is 3.06. The Morgan fingerprint density at radius 3 is 2.08 bits per heavy atom. The number of carbonyl (C=O) groups excluding carboxylic acids is 1. The van der Waals surface area contributed by atoms with E-state index in [1.165, 1.54) is 0 Å². The van der Waals surface area contributed by atoms with Gasteiger partial charge < -0.3 is 24.6 Å². The summed E-state index contributed by atoms with van der Waals surface area (Å²) in [6.45, 7) is 6.88. The van der Waals surface area contributed by atoms with E-state index in [0.717, 1.165) is 0 Å². The monoisotopic (exact) mass is 365 g/mol. The molecule has 0 spiro atoms. The first kappa shape index (κ1) is 19.9. The molecule has 2 N–H and O–H groups in total. The fourth-order valence-corrected chi connectivity index (χ4v) is 3.13. The number of carbonyl (C=O) groups is 2. The summed E-state index contributed by atoms with van der Waals surface area (Å²) in [4.78, 5) is 23.7. The van der Waals surface area contributed by atoms with E-state index in [2.05, 4.69) is 5.32 Å². The van der Waals surface area contributed by atoms with Gasteiger partial charge in [-0.2, -0.15) is 0 Å². The first-order valence-electron chi connectivity index (χ1n) is 9.10. The molecule has 1 aliphatic carbocycles. The van der Waals surface area contributed by atoms with Crippen LogP contribution in [0.3, 0.4) is 0 Å². The van der Waals surface area contributed by atoms with Crippen LogP contribution in [0.2, 0.25) is 0 Å². The summed E-state index contributed by atoms with van der Waals surface area (Å²) in [6, 6.07) is 3.13. The van der Waals surface area contributed by atoms with Crippen LogP contribution in [0, 0.1) is 5.92 Å². The minimum atomic E-state index is -0.805. The first-order chi connectivity index (χ1) is 12.5. The standard InChI is InChI=1S/C19H27NO6/c1-4-24-15-10-13(11-16(25-5-2)17(15)26-6-3)18(21)20-14-8-7-12(9-14)19(22)23/h10-12,14H,4-9H2,1-3H3,(H,20,21)(H,22,23)/t12-,14+/m0/s1. The van der Waals surface area contributed by atoms with Gasteiger partial charge in [0, 0.05) is 11.6 Å². The topological polar surface area (TPSA) is 94.1 Å². The predicted molar refractivity (Wildman–Crippen MR) is 96.2 cm³/mol. The van der Waals surface area contributed by atoms with Crippen molar-refractivity contribution in [3.8, 4) is 17.2 Å². The molecule has 1 fully saturated rings. The van der Waals surface area contributed by atoms with Gasteiger partial charge in [-0.1, -0.05) is 0 Å². The highest BCUT2D eigenvalue weighted by atomic mass is 16.5. The fraction of sp³-hybridized carbons (Fsp3) is 0.579. The van der Waals surface area contributed by atoms with Crippen molar-refractivity contribution >= 4 is 11.9 Å². The van der Waals surface area contributed by atoms with Gasteiger partial charge in [-0.05, 0) is 52.2 Å². The van der Waals surface area contributed by atoms with Gasteiger partial charge in [0.05, 0.1) is 25.7 Å². The second-order valence-electron chi connectivity index (χ2n) is 6.12. The summed E-state index contributed by atoms with van der Waals surface area (Å²) in [5.41, 5.74) is 0.402. The fourth-order valence-electron chi connectivity index (χ4n) is 3.13. The minimum absolute atomic E-state index is 0.138. The van der Waals surface area contributed by atoms with Crippen molar-refractivity contribution in [2.75, 3.05) is 19.8 Å². The Balaban J connectivity index is 2.21. The number of ether oxygens (including phenoxy) is 3. The Hall–Kier alpha value is -2.44. The molecule has 1 amide bonds. The molecule has 0 bridgehead atoms. The molecule has 0 saturated heterocycles. The molecule has 1 aliphatic rings. The molecule has 1 aromatic carbocycles. The van der Waals surface area contributed by atoms with Crippen LogP contribution in [0.15, 0.2) is 12.1 Å². The average molecular weight is 365 g/mol. The highest BCUT2D eigenvalue weighted by Crippen LogP contribution is 2.39. The Morgan fingerprint density at radius 1 is 1.04 bits per heavy atom. The van der Waals surface area contributed by atoms with Gasteiger partial charge in [0.2, 0.25) is 5.75 Å². The molecule has 7 nitrogen and oxygen atoms in total. The number of hydrogen-bond acceptors (Lipinski definition) is 5. The zero-order valence-electron chi connectivity index (χ0n) is 15.5. The Bertz CT molecular complexity index is 618. The minimum Gasteiger partial charge on any atom is -0.490 e. The summed E-state index contributed by atoms with van der Waals surface area (Å²) < 4.78 is 16.9. The van der Waals surface area contributed by atoms with Crippen molar-refractivity contribution in [1.29, 1.82) is 0 Å². The lowest BCUT2D eigenvalue weighted by molar-refractivity contribution is -0.141. The smallest absolute Gasteiger partial charge is 0.306 e. The van der Waals surface area contributed by atoms with Gasteiger partial charge in [-0.3, -0.25) is 9.59 Å². The van der Waals surface area contributed by atoms with Crippen LogP contribution in [0.1, 0.15) is 50.4 Å². The number of carboxylic acid groups (broad SMARTS) is 1. The van der Waals surface area contributed by atoms with Gasteiger partial charge in [0.1, 0.15) is 0 Å². The van der Waals surface area contributed by atoms with E-state index in [4.69, 9.17) is 19.3 Å². The van der Waals surface area contributed by atoms with Crippen LogP contribution in [-0.2, 0) is 4.79 Å². The normalized spacial score (nSPS) is 19.0. The molecule has 1 saturated carbocycles. The molecule has 0 aliphatic heterocycles. The molecular weight excluding hydrogens is 338 g/mol. The lowest BCUT2D eigenvalue weighted by Crippen LogP contribution is -2.33. The third-order valence-corrected chi connectivity index (χ3v) is 4.29. The van der Waals surface area contributed by atoms with Crippen molar-refractivity contribution in [3.05, 3.63) is 17.7 Å². The van der Waals surface area contributed by atoms with Crippen molar-refractivity contribution in [2.45, 2.75) is 46.1 Å². The van der Waals surface area contributed by atoms with Crippen molar-refractivity contribution in [1.82, 2.24) is 5.32 Å². The van der Waals surface area contributed by atoms with Crippen LogP contribution >= 0.6 is 0 Å². The number of amides is 1. The van der Waals surface area contributed by atoms with Gasteiger partial charge in [-0.15, -0.1) is 0 Å². The lowest BCUT2D eigenvalue weighted by Gasteiger charge is -2.18. The molecule has 26 heavy (non-hydrogen) atoms. The molecule has 144 valence electrons. The summed E-state index contributed by atoms with van der Waals surface area (Å²) >= 11 is 0. The second-order valence-corrected chi connectivity index (χ2v) is 6.12. The van der Waals surface area contributed by atoms with E-state index < -0.39 is 11.9 Å². The van der Waals surface area contributed by atoms with E-state index >= 15 is 0 Å². The third-order valence-electron chi connectivity index (χ3n) is 4.29. The molecule has 2 rings (SSSR count). The van der Waals surface area contributed by atoms with Crippen LogP contribution in [0.5, 0.6) is 17.2 Å². The number of carboxylic acids is 1. The van der Waals surface area contributed by atoms with Gasteiger partial charge in [0.15, 0.2) is 11.5 Å². The predicted octanol–water partition coefficient (Wildman–Crippen LogP) is 2.87. The molecule has 0 radical (unpaired) electrons. The van der Waals surface area contributed by atoms with Gasteiger partial charge >= 0.3 is 5.97 Å². The van der Waals surface area contributed by atoms with Gasteiger partial charge in [0.25, 0.3) is 5.91 Å². The highest BCUT2D eigenvalue weighted by molar-refractivity contribution is 5.96. The molecule has 0 heterocycles. The maximum Gasteiger partial charge on any atom is 0.306 e. The molecular formula is C19H27NO6. The zero-order chi connectivity index (χ0) is 19.1. The number of rotatable bonds is 9. The number of hydrogen-bond donors (Lipinski definition) is 2. The Morgan fingerprint density at radius 2 is 1.62 bits per heavy atom. The molecule has 0 unspecified atom stereocenters. The molecule has 7 heteroatoms. The zero-order valence-corrected chi connectivity index (χ0v) is 15.5. The quantitative estimate of drug-likeness (QED) is 0.699. The van der Waals surface area contributed by atoms with Crippen molar-refractivity contribution in [2.24, 2.45) is 5.92 Å². The maximum atomic E-state index is 12.6. The van der Waals surface area contributed by atoms with E-state index in [1.807, 2.05) is 20.8 Å². The largest absolute Gasteiger partial charge is 0.490 e. The summed E-state index contributed by atoms with van der Waals surface area (Å²) in [7, 11) is 0. The van der Waals surface area contributed by atoms with Crippen LogP contribution in [0.25, 0.3) is 0 Å². The van der Waals surface area contributed by atoms with E-state index in [0.29, 0.717) is 61.9 Å². The number of benzene rings is 1. The number of aliphatic carboxylic acids is 1. The molecule has 0 aromatic heterocycles. The Labute approximate surface area is 153 Å². The molecule has 2 atom stereocenters. The van der Waals surface area contributed by atoms with Crippen molar-refractivity contribution < 1.29 is 28.9 Å². The van der Waals surface area contributed by atoms with Gasteiger partial charge in [-0.25, -0.2) is 0 Å². The van der Waals surface area contributed by atoms with Crippen molar-refractivity contribution in [3.63, 3.8) is 0 Å². The first-order valence-corrected chi connectivity index (χ1v) is 9.10. The SMILES string of the molecule is CCOc1cc(C(=O)N[C@@H]2CC[C@H](C(=O)O)C2)cc(OCC)c1OCC. The van der Waals surface area contributed by atoms with Crippen LogP contribution in [0.4, 0.5) is 0 Å². The maximum absolute atomic E-state index is 12.6. The Kier molecular flexibility index (Phi) is 7.12. The summed E-state index contributed by atoms with van der Waals surface area (Å²) in [5, 5.41) is 12.0.